The van der Waals surface area contributed by atoms with E-state index < -0.39 is 0 Å². The van der Waals surface area contributed by atoms with Crippen LogP contribution in [0.25, 0.3) is 0 Å². The van der Waals surface area contributed by atoms with Crippen LogP contribution < -0.4 is 4.90 Å². The number of ether oxygens (including phenoxy) is 1. The Balaban J connectivity index is 2.06. The van der Waals surface area contributed by atoms with Crippen LogP contribution in [0.5, 0.6) is 0 Å². The van der Waals surface area contributed by atoms with E-state index in [2.05, 4.69) is 36.9 Å². The number of hydrogen-bond donors (Lipinski definition) is 0. The standard InChI is InChI=1S/C14H20N2O2/c1-11-5-4-6-13(12(11)2)15-7-9-16(10-8-15)14(17)18-3/h4-6H,7-10H2,1-3H3. The second-order valence-electron chi connectivity index (χ2n) is 4.66. The van der Waals surface area contributed by atoms with E-state index in [1.165, 1.54) is 23.9 Å². The minimum atomic E-state index is -0.226. The molecule has 0 saturated carbocycles. The SMILES string of the molecule is COC(=O)N1CCN(c2cccc(C)c2C)CC1. The van der Waals surface area contributed by atoms with E-state index in [1.54, 1.807) is 4.90 Å². The lowest BCUT2D eigenvalue weighted by atomic mass is 10.1. The molecule has 98 valence electrons. The highest BCUT2D eigenvalue weighted by molar-refractivity contribution is 5.68. The molecule has 0 aliphatic carbocycles. The number of methoxy groups -OCH3 is 1. The van der Waals surface area contributed by atoms with E-state index >= 15 is 0 Å². The summed E-state index contributed by atoms with van der Waals surface area (Å²) in [6.45, 7) is 7.44. The molecule has 0 unspecified atom stereocenters. The molecular formula is C14H20N2O2. The van der Waals surface area contributed by atoms with Gasteiger partial charge in [-0.15, -0.1) is 0 Å². The van der Waals surface area contributed by atoms with Crippen LogP contribution in [0.3, 0.4) is 0 Å². The first-order valence-electron chi connectivity index (χ1n) is 6.27. The van der Waals surface area contributed by atoms with Crippen LogP contribution >= 0.6 is 0 Å². The van der Waals surface area contributed by atoms with E-state index in [0.717, 1.165) is 26.2 Å². The lowest BCUT2D eigenvalue weighted by molar-refractivity contribution is 0.121. The number of benzene rings is 1. The van der Waals surface area contributed by atoms with Crippen molar-refractivity contribution in [3.8, 4) is 0 Å². The van der Waals surface area contributed by atoms with Crippen molar-refractivity contribution in [1.82, 2.24) is 4.90 Å². The molecule has 1 aliphatic rings. The van der Waals surface area contributed by atoms with Crippen LogP contribution in [0.2, 0.25) is 0 Å². The summed E-state index contributed by atoms with van der Waals surface area (Å²) in [5, 5.41) is 0. The maximum atomic E-state index is 11.4. The summed E-state index contributed by atoms with van der Waals surface area (Å²) >= 11 is 0. The smallest absolute Gasteiger partial charge is 0.409 e. The van der Waals surface area contributed by atoms with Crippen LogP contribution in [-0.4, -0.2) is 44.3 Å². The first-order valence-corrected chi connectivity index (χ1v) is 6.27. The summed E-state index contributed by atoms with van der Waals surface area (Å²) in [5.41, 5.74) is 3.91. The van der Waals surface area contributed by atoms with Gasteiger partial charge in [0.25, 0.3) is 0 Å². The lowest BCUT2D eigenvalue weighted by Gasteiger charge is -2.36. The van der Waals surface area contributed by atoms with Gasteiger partial charge in [-0.2, -0.15) is 0 Å². The molecule has 18 heavy (non-hydrogen) atoms. The van der Waals surface area contributed by atoms with Crippen LogP contribution in [0.15, 0.2) is 18.2 Å². The van der Waals surface area contributed by atoms with E-state index in [0.29, 0.717) is 0 Å². The van der Waals surface area contributed by atoms with Crippen molar-refractivity contribution in [1.29, 1.82) is 0 Å². The number of hydrogen-bond acceptors (Lipinski definition) is 3. The minimum Gasteiger partial charge on any atom is -0.453 e. The Kier molecular flexibility index (Phi) is 3.75. The number of carbonyl (C=O) groups excluding carboxylic acids is 1. The van der Waals surface area contributed by atoms with Crippen molar-refractivity contribution in [2.75, 3.05) is 38.2 Å². The first-order chi connectivity index (χ1) is 8.63. The van der Waals surface area contributed by atoms with Gasteiger partial charge in [-0.1, -0.05) is 12.1 Å². The second kappa shape index (κ2) is 5.29. The number of rotatable bonds is 1. The average molecular weight is 248 g/mol. The monoisotopic (exact) mass is 248 g/mol. The molecule has 4 heteroatoms. The zero-order valence-electron chi connectivity index (χ0n) is 11.3. The van der Waals surface area contributed by atoms with Gasteiger partial charge in [0, 0.05) is 31.9 Å². The fraction of sp³-hybridized carbons (Fsp3) is 0.500. The summed E-state index contributed by atoms with van der Waals surface area (Å²) in [4.78, 5) is 15.5. The normalized spacial score (nSPS) is 15.7. The van der Waals surface area contributed by atoms with Crippen molar-refractivity contribution in [3.63, 3.8) is 0 Å². The predicted octanol–water partition coefficient (Wildman–Crippen LogP) is 2.19. The van der Waals surface area contributed by atoms with Gasteiger partial charge < -0.3 is 14.5 Å². The molecule has 1 aromatic rings. The highest BCUT2D eigenvalue weighted by Crippen LogP contribution is 2.23. The Morgan fingerprint density at radius 1 is 1.17 bits per heavy atom. The van der Waals surface area contributed by atoms with Crippen LogP contribution in [0.1, 0.15) is 11.1 Å². The Labute approximate surface area is 108 Å². The highest BCUT2D eigenvalue weighted by atomic mass is 16.5. The van der Waals surface area contributed by atoms with Crippen molar-refractivity contribution < 1.29 is 9.53 Å². The summed E-state index contributed by atoms with van der Waals surface area (Å²) in [7, 11) is 1.43. The zero-order valence-corrected chi connectivity index (χ0v) is 11.3. The topological polar surface area (TPSA) is 32.8 Å². The summed E-state index contributed by atoms with van der Waals surface area (Å²) < 4.78 is 4.74. The second-order valence-corrected chi connectivity index (χ2v) is 4.66. The molecule has 4 nitrogen and oxygen atoms in total. The van der Waals surface area contributed by atoms with Crippen molar-refractivity contribution in [3.05, 3.63) is 29.3 Å². The molecule has 1 saturated heterocycles. The van der Waals surface area contributed by atoms with Gasteiger partial charge in [0.15, 0.2) is 0 Å². The third-order valence-corrected chi connectivity index (χ3v) is 3.63. The van der Waals surface area contributed by atoms with Gasteiger partial charge in [0.05, 0.1) is 7.11 Å². The number of piperazine rings is 1. The molecule has 1 aromatic carbocycles. The van der Waals surface area contributed by atoms with E-state index in [9.17, 15) is 4.79 Å². The summed E-state index contributed by atoms with van der Waals surface area (Å²) in [6.07, 6.45) is -0.226. The first kappa shape index (κ1) is 12.7. The van der Waals surface area contributed by atoms with Gasteiger partial charge in [-0.3, -0.25) is 0 Å². The van der Waals surface area contributed by atoms with Gasteiger partial charge in [-0.05, 0) is 31.0 Å². The Morgan fingerprint density at radius 3 is 2.44 bits per heavy atom. The molecule has 0 atom stereocenters. The average Bonchev–Trinajstić information content (AvgIpc) is 2.41. The molecule has 0 N–H and O–H groups in total. The Morgan fingerprint density at radius 2 is 1.83 bits per heavy atom. The largest absolute Gasteiger partial charge is 0.453 e. The van der Waals surface area contributed by atoms with E-state index in [4.69, 9.17) is 4.74 Å². The van der Waals surface area contributed by atoms with Crippen LogP contribution in [-0.2, 0) is 4.74 Å². The highest BCUT2D eigenvalue weighted by Gasteiger charge is 2.22. The fourth-order valence-corrected chi connectivity index (χ4v) is 2.34. The van der Waals surface area contributed by atoms with E-state index in [1.807, 2.05) is 0 Å². The number of amides is 1. The maximum Gasteiger partial charge on any atom is 0.409 e. The number of aryl methyl sites for hydroxylation is 1. The molecule has 1 aliphatic heterocycles. The third-order valence-electron chi connectivity index (χ3n) is 3.63. The molecule has 2 rings (SSSR count). The molecular weight excluding hydrogens is 228 g/mol. The molecule has 0 spiro atoms. The van der Waals surface area contributed by atoms with Crippen LogP contribution in [0.4, 0.5) is 10.5 Å². The quantitative estimate of drug-likeness (QED) is 0.763. The summed E-state index contributed by atoms with van der Waals surface area (Å²) in [5.74, 6) is 0. The van der Waals surface area contributed by atoms with E-state index in [-0.39, 0.29) is 6.09 Å². The van der Waals surface area contributed by atoms with Crippen molar-refractivity contribution in [2.24, 2.45) is 0 Å². The number of carbonyl (C=O) groups is 1. The summed E-state index contributed by atoms with van der Waals surface area (Å²) in [6, 6.07) is 6.37. The zero-order chi connectivity index (χ0) is 13.1. The van der Waals surface area contributed by atoms with Crippen molar-refractivity contribution >= 4 is 11.8 Å². The molecule has 1 heterocycles. The Bertz CT molecular complexity index is 437. The third kappa shape index (κ3) is 2.42. The molecule has 1 fully saturated rings. The van der Waals surface area contributed by atoms with Gasteiger partial charge in [0.1, 0.15) is 0 Å². The van der Waals surface area contributed by atoms with Crippen molar-refractivity contribution in [2.45, 2.75) is 13.8 Å². The predicted molar refractivity (Wildman–Crippen MR) is 72.1 cm³/mol. The number of anilines is 1. The maximum absolute atomic E-state index is 11.4. The fourth-order valence-electron chi connectivity index (χ4n) is 2.34. The van der Waals surface area contributed by atoms with Gasteiger partial charge in [0.2, 0.25) is 0 Å². The number of nitrogens with zero attached hydrogens (tertiary/aromatic N) is 2. The lowest BCUT2D eigenvalue weighted by Crippen LogP contribution is -2.49. The van der Waals surface area contributed by atoms with Gasteiger partial charge >= 0.3 is 6.09 Å². The van der Waals surface area contributed by atoms with Crippen LogP contribution in [0, 0.1) is 13.8 Å². The molecule has 0 radical (unpaired) electrons. The minimum absolute atomic E-state index is 0.226. The molecule has 1 amide bonds. The van der Waals surface area contributed by atoms with Gasteiger partial charge in [-0.25, -0.2) is 4.79 Å². The Hall–Kier alpha value is -1.71. The molecule has 0 bridgehead atoms. The molecule has 0 aromatic heterocycles.